The minimum atomic E-state index is -0.174. The number of nitrogens with one attached hydrogen (secondary N) is 1. The number of rotatable bonds is 5. The molecule has 1 amide bonds. The summed E-state index contributed by atoms with van der Waals surface area (Å²) in [6.07, 6.45) is 8.43. The van der Waals surface area contributed by atoms with Gasteiger partial charge in [-0.15, -0.1) is 10.2 Å². The van der Waals surface area contributed by atoms with Gasteiger partial charge >= 0.3 is 0 Å². The van der Waals surface area contributed by atoms with Crippen molar-refractivity contribution in [2.75, 3.05) is 16.8 Å². The van der Waals surface area contributed by atoms with Crippen LogP contribution in [0.1, 0.15) is 51.0 Å². The first-order chi connectivity index (χ1) is 13.2. The van der Waals surface area contributed by atoms with E-state index in [2.05, 4.69) is 27.6 Å². The molecule has 27 heavy (non-hydrogen) atoms. The second kappa shape index (κ2) is 8.61. The van der Waals surface area contributed by atoms with E-state index in [1.165, 1.54) is 49.4 Å². The standard InChI is InChI=1S/C20H26N4OS2/c1-14(18(25)24-13-7-9-15-8-5-6-12-17(15)24)26-20-23-22-19(27-20)21-16-10-3-2-4-11-16/h5-6,8,12,14,16H,2-4,7,9-11,13H2,1H3,(H,21,22)/t14-/m0/s1. The number of amides is 1. The van der Waals surface area contributed by atoms with Gasteiger partial charge < -0.3 is 10.2 Å². The lowest BCUT2D eigenvalue weighted by Crippen LogP contribution is -2.40. The number of hydrogen-bond acceptors (Lipinski definition) is 6. The third kappa shape index (κ3) is 4.46. The molecule has 0 unspecified atom stereocenters. The third-order valence-electron chi connectivity index (χ3n) is 5.34. The molecule has 144 valence electrons. The Bertz CT molecular complexity index is 788. The first kappa shape index (κ1) is 18.7. The summed E-state index contributed by atoms with van der Waals surface area (Å²) in [5.41, 5.74) is 2.34. The van der Waals surface area contributed by atoms with E-state index in [-0.39, 0.29) is 11.2 Å². The van der Waals surface area contributed by atoms with Crippen molar-refractivity contribution in [3.63, 3.8) is 0 Å². The number of aromatic nitrogens is 2. The number of para-hydroxylation sites is 1. The maximum atomic E-state index is 13.0. The molecule has 0 spiro atoms. The fraction of sp³-hybridized carbons (Fsp3) is 0.550. The van der Waals surface area contributed by atoms with Gasteiger partial charge in [-0.25, -0.2) is 0 Å². The number of nitrogens with zero attached hydrogens (tertiary/aromatic N) is 3. The normalized spacial score (nSPS) is 18.8. The Morgan fingerprint density at radius 3 is 2.89 bits per heavy atom. The average molecular weight is 403 g/mol. The first-order valence-electron chi connectivity index (χ1n) is 9.86. The number of aryl methyl sites for hydroxylation is 1. The highest BCUT2D eigenvalue weighted by atomic mass is 32.2. The first-order valence-corrected chi connectivity index (χ1v) is 11.6. The van der Waals surface area contributed by atoms with Crippen molar-refractivity contribution in [1.29, 1.82) is 0 Å². The zero-order valence-electron chi connectivity index (χ0n) is 15.7. The summed E-state index contributed by atoms with van der Waals surface area (Å²) in [7, 11) is 0. The van der Waals surface area contributed by atoms with Crippen molar-refractivity contribution < 1.29 is 4.79 Å². The van der Waals surface area contributed by atoms with Crippen LogP contribution in [-0.4, -0.2) is 33.9 Å². The molecule has 1 atom stereocenters. The van der Waals surface area contributed by atoms with E-state index in [9.17, 15) is 4.79 Å². The minimum Gasteiger partial charge on any atom is -0.357 e. The molecule has 1 fully saturated rings. The van der Waals surface area contributed by atoms with Crippen molar-refractivity contribution in [2.24, 2.45) is 0 Å². The van der Waals surface area contributed by atoms with Gasteiger partial charge in [0.2, 0.25) is 11.0 Å². The molecular weight excluding hydrogens is 376 g/mol. The second-order valence-electron chi connectivity index (χ2n) is 7.33. The van der Waals surface area contributed by atoms with Crippen LogP contribution in [0.25, 0.3) is 0 Å². The molecule has 2 aromatic rings. The van der Waals surface area contributed by atoms with E-state index in [4.69, 9.17) is 0 Å². The van der Waals surface area contributed by atoms with Crippen molar-refractivity contribution in [1.82, 2.24) is 10.2 Å². The molecule has 0 saturated heterocycles. The Morgan fingerprint density at radius 2 is 2.04 bits per heavy atom. The number of carbonyl (C=O) groups is 1. The van der Waals surface area contributed by atoms with Crippen LogP contribution in [0.5, 0.6) is 0 Å². The number of fused-ring (bicyclic) bond motifs is 1. The zero-order valence-corrected chi connectivity index (χ0v) is 17.3. The summed E-state index contributed by atoms with van der Waals surface area (Å²) in [5.74, 6) is 0.157. The maximum absolute atomic E-state index is 13.0. The van der Waals surface area contributed by atoms with Crippen molar-refractivity contribution in [2.45, 2.75) is 67.5 Å². The van der Waals surface area contributed by atoms with Crippen LogP contribution in [0.4, 0.5) is 10.8 Å². The summed E-state index contributed by atoms with van der Waals surface area (Å²) in [6, 6.07) is 8.76. The molecule has 2 heterocycles. The van der Waals surface area contributed by atoms with Gasteiger partial charge in [0, 0.05) is 18.3 Å². The van der Waals surface area contributed by atoms with Crippen molar-refractivity contribution >= 4 is 39.8 Å². The number of hydrogen-bond donors (Lipinski definition) is 1. The summed E-state index contributed by atoms with van der Waals surface area (Å²) in [6.45, 7) is 2.77. The topological polar surface area (TPSA) is 58.1 Å². The molecular formula is C20H26N4OS2. The van der Waals surface area contributed by atoms with Crippen LogP contribution >= 0.6 is 23.1 Å². The SMILES string of the molecule is C[C@H](Sc1nnc(NC2CCCCC2)s1)C(=O)N1CCCc2ccccc21. The monoisotopic (exact) mass is 402 g/mol. The summed E-state index contributed by atoms with van der Waals surface area (Å²) < 4.78 is 0.861. The van der Waals surface area contributed by atoms with Gasteiger partial charge in [0.15, 0.2) is 4.34 Å². The lowest BCUT2D eigenvalue weighted by Gasteiger charge is -2.31. The molecule has 2 aliphatic rings. The van der Waals surface area contributed by atoms with Crippen LogP contribution in [0.15, 0.2) is 28.6 Å². The fourth-order valence-electron chi connectivity index (χ4n) is 3.92. The van der Waals surface area contributed by atoms with E-state index in [1.807, 2.05) is 24.0 Å². The lowest BCUT2D eigenvalue weighted by atomic mass is 9.96. The van der Waals surface area contributed by atoms with Gasteiger partial charge in [0.25, 0.3) is 0 Å². The quantitative estimate of drug-likeness (QED) is 0.732. The lowest BCUT2D eigenvalue weighted by molar-refractivity contribution is -0.117. The Morgan fingerprint density at radius 1 is 1.22 bits per heavy atom. The molecule has 1 aliphatic carbocycles. The maximum Gasteiger partial charge on any atom is 0.240 e. The highest BCUT2D eigenvalue weighted by Crippen LogP contribution is 2.33. The number of anilines is 2. The average Bonchev–Trinajstić information content (AvgIpc) is 3.14. The number of thioether (sulfide) groups is 1. The van der Waals surface area contributed by atoms with Gasteiger partial charge in [-0.1, -0.05) is 60.6 Å². The predicted molar refractivity (Wildman–Crippen MR) is 113 cm³/mol. The van der Waals surface area contributed by atoms with Crippen molar-refractivity contribution in [3.05, 3.63) is 29.8 Å². The Hall–Kier alpha value is -1.60. The highest BCUT2D eigenvalue weighted by Gasteiger charge is 2.27. The van der Waals surface area contributed by atoms with Crippen LogP contribution in [-0.2, 0) is 11.2 Å². The molecule has 1 aliphatic heterocycles. The summed E-state index contributed by atoms with van der Waals surface area (Å²) in [5, 5.41) is 12.8. The summed E-state index contributed by atoms with van der Waals surface area (Å²) in [4.78, 5) is 15.0. The molecule has 5 nitrogen and oxygen atoms in total. The highest BCUT2D eigenvalue weighted by molar-refractivity contribution is 8.02. The molecule has 1 aromatic carbocycles. The Labute approximate surface area is 168 Å². The minimum absolute atomic E-state index is 0.157. The van der Waals surface area contributed by atoms with Crippen LogP contribution in [0.2, 0.25) is 0 Å². The summed E-state index contributed by atoms with van der Waals surface area (Å²) >= 11 is 3.08. The molecule has 7 heteroatoms. The van der Waals surface area contributed by atoms with Crippen LogP contribution < -0.4 is 10.2 Å². The molecule has 1 aromatic heterocycles. The predicted octanol–water partition coefficient (Wildman–Crippen LogP) is 4.74. The van der Waals surface area contributed by atoms with E-state index in [0.29, 0.717) is 6.04 Å². The van der Waals surface area contributed by atoms with Crippen molar-refractivity contribution in [3.8, 4) is 0 Å². The number of carbonyl (C=O) groups excluding carboxylic acids is 1. The molecule has 1 saturated carbocycles. The molecule has 1 N–H and O–H groups in total. The zero-order chi connectivity index (χ0) is 18.6. The second-order valence-corrected chi connectivity index (χ2v) is 9.90. The van der Waals surface area contributed by atoms with E-state index in [1.54, 1.807) is 11.3 Å². The van der Waals surface area contributed by atoms with Crippen LogP contribution in [0, 0.1) is 0 Å². The van der Waals surface area contributed by atoms with E-state index < -0.39 is 0 Å². The Balaban J connectivity index is 1.38. The largest absolute Gasteiger partial charge is 0.357 e. The third-order valence-corrected chi connectivity index (χ3v) is 7.37. The number of benzene rings is 1. The van der Waals surface area contributed by atoms with E-state index >= 15 is 0 Å². The van der Waals surface area contributed by atoms with Gasteiger partial charge in [0.05, 0.1) is 5.25 Å². The van der Waals surface area contributed by atoms with Crippen LogP contribution in [0.3, 0.4) is 0 Å². The van der Waals surface area contributed by atoms with E-state index in [0.717, 1.165) is 34.5 Å². The fourth-order valence-corrected chi connectivity index (χ4v) is 5.96. The molecule has 4 rings (SSSR count). The Kier molecular flexibility index (Phi) is 5.98. The van der Waals surface area contributed by atoms with Gasteiger partial charge in [0.1, 0.15) is 0 Å². The van der Waals surface area contributed by atoms with Gasteiger partial charge in [-0.3, -0.25) is 4.79 Å². The van der Waals surface area contributed by atoms with Gasteiger partial charge in [-0.05, 0) is 44.2 Å². The molecule has 0 bridgehead atoms. The molecule has 0 radical (unpaired) electrons. The van der Waals surface area contributed by atoms with Gasteiger partial charge in [-0.2, -0.15) is 0 Å². The smallest absolute Gasteiger partial charge is 0.240 e.